The van der Waals surface area contributed by atoms with Crippen molar-refractivity contribution in [2.45, 2.75) is 0 Å². The van der Waals surface area contributed by atoms with E-state index in [1.165, 1.54) is 0 Å². The van der Waals surface area contributed by atoms with Crippen LogP contribution in [0, 0.1) is 0 Å². The highest BCUT2D eigenvalue weighted by molar-refractivity contribution is 6.14. The van der Waals surface area contributed by atoms with Gasteiger partial charge in [0.05, 0.1) is 51.3 Å². The lowest BCUT2D eigenvalue weighted by Crippen LogP contribution is -1.98. The average molecular weight is 655 g/mol. The number of rotatable bonds is 3. The van der Waals surface area contributed by atoms with E-state index in [-0.39, 0.29) is 0 Å². The van der Waals surface area contributed by atoms with Crippen LogP contribution in [0.15, 0.2) is 196 Å². The third kappa shape index (κ3) is 5.09. The molecule has 6 aromatic rings. The first-order chi connectivity index (χ1) is 25.2. The van der Waals surface area contributed by atoms with Gasteiger partial charge in [0.25, 0.3) is 0 Å². The maximum atomic E-state index is 5.19. The van der Waals surface area contributed by atoms with Crippen LogP contribution in [0.3, 0.4) is 0 Å². The second kappa shape index (κ2) is 11.8. The number of nitrogens with zero attached hydrogens (tertiary/aromatic N) is 3. The van der Waals surface area contributed by atoms with Gasteiger partial charge in [-0.25, -0.2) is 15.0 Å². The van der Waals surface area contributed by atoms with Gasteiger partial charge in [-0.1, -0.05) is 91.0 Å². The van der Waals surface area contributed by atoms with Crippen LogP contribution in [0.1, 0.15) is 50.9 Å². The number of hydrogen-bond acceptors (Lipinski definition) is 3. The summed E-state index contributed by atoms with van der Waals surface area (Å²) in [4.78, 5) is 26.6. The quantitative estimate of drug-likeness (QED) is 0.170. The Morgan fingerprint density at radius 3 is 0.843 bits per heavy atom. The third-order valence-electron chi connectivity index (χ3n) is 9.57. The third-order valence-corrected chi connectivity index (χ3v) is 9.57. The zero-order valence-corrected chi connectivity index (χ0v) is 27.4. The average Bonchev–Trinajstić information content (AvgIpc) is 4.02. The van der Waals surface area contributed by atoms with Gasteiger partial charge < -0.3 is 15.0 Å². The highest BCUT2D eigenvalue weighted by atomic mass is 14.9. The molecule has 3 aromatic heterocycles. The van der Waals surface area contributed by atoms with Crippen molar-refractivity contribution in [3.63, 3.8) is 0 Å². The molecule has 0 aliphatic carbocycles. The van der Waals surface area contributed by atoms with E-state index in [2.05, 4.69) is 161 Å². The van der Waals surface area contributed by atoms with Gasteiger partial charge in [-0.2, -0.15) is 0 Å². The SMILES string of the molecule is C1=C/C2=C(\c3ccccc3)c3ccc([nH]3)C3=N/C(=C(/c4ccccc4)c4ccc([nH]4)C4=N/C(=C(/c5ccccc5)c5ccc([nH]5)C1=N2)C=C4)C=C3. The maximum Gasteiger partial charge on any atom is 0.0872 e. The van der Waals surface area contributed by atoms with Gasteiger partial charge in [0.1, 0.15) is 0 Å². The van der Waals surface area contributed by atoms with Crippen molar-refractivity contribution in [1.29, 1.82) is 0 Å². The normalized spacial score (nSPS) is 20.4. The van der Waals surface area contributed by atoms with Gasteiger partial charge in [0, 0.05) is 33.8 Å². The van der Waals surface area contributed by atoms with Gasteiger partial charge >= 0.3 is 0 Å². The summed E-state index contributed by atoms with van der Waals surface area (Å²) in [6.45, 7) is 0. The minimum atomic E-state index is 0.871. The molecular formula is C45H30N6. The van der Waals surface area contributed by atoms with Crippen LogP contribution in [-0.4, -0.2) is 32.1 Å². The van der Waals surface area contributed by atoms with Crippen molar-refractivity contribution in [3.05, 3.63) is 232 Å². The molecule has 51 heavy (non-hydrogen) atoms. The fourth-order valence-electron chi connectivity index (χ4n) is 7.16. The molecule has 0 radical (unpaired) electrons. The number of aliphatic imine (C=N–C) groups is 3. The lowest BCUT2D eigenvalue weighted by atomic mass is 10.0. The molecule has 0 atom stereocenters. The molecule has 7 heterocycles. The molecule has 3 aromatic carbocycles. The van der Waals surface area contributed by atoms with Crippen LogP contribution in [0.25, 0.3) is 16.7 Å². The summed E-state index contributed by atoms with van der Waals surface area (Å²) in [5.74, 6) is 0. The van der Waals surface area contributed by atoms with Crippen LogP contribution >= 0.6 is 0 Å². The fraction of sp³-hybridized carbons (Fsp3) is 0. The molecule has 0 saturated carbocycles. The summed E-state index contributed by atoms with van der Waals surface area (Å²) in [7, 11) is 0. The molecule has 0 saturated heterocycles. The summed E-state index contributed by atoms with van der Waals surface area (Å²) in [5.41, 5.74) is 17.3. The number of fused-ring (bicyclic) bond motifs is 12. The molecule has 6 nitrogen and oxygen atoms in total. The summed E-state index contributed by atoms with van der Waals surface area (Å²) in [6, 6.07) is 44.0. The maximum absolute atomic E-state index is 5.19. The van der Waals surface area contributed by atoms with E-state index in [9.17, 15) is 0 Å². The molecular weight excluding hydrogens is 625 g/mol. The van der Waals surface area contributed by atoms with Gasteiger partial charge in [-0.3, -0.25) is 0 Å². The minimum absolute atomic E-state index is 0.871. The predicted octanol–water partition coefficient (Wildman–Crippen LogP) is 9.44. The van der Waals surface area contributed by atoms with Gasteiger partial charge in [0.15, 0.2) is 0 Å². The van der Waals surface area contributed by atoms with Gasteiger partial charge in [-0.15, -0.1) is 0 Å². The lowest BCUT2D eigenvalue weighted by Gasteiger charge is -2.09. The Hall–Kier alpha value is -7.05. The van der Waals surface area contributed by atoms with Crippen LogP contribution in [0.5, 0.6) is 0 Å². The van der Waals surface area contributed by atoms with Crippen molar-refractivity contribution < 1.29 is 0 Å². The molecule has 0 fully saturated rings. The topological polar surface area (TPSA) is 84.5 Å². The van der Waals surface area contributed by atoms with E-state index in [1.54, 1.807) is 0 Å². The van der Waals surface area contributed by atoms with Crippen molar-refractivity contribution in [2.75, 3.05) is 0 Å². The standard InChI is InChI=1S/C45H30N6/c1-4-10-28(11-5-1)43-37-22-16-31(46-37)33-18-24-39(48-33)44(29-12-6-2-7-13-29)41-26-20-35(50-41)36-21-27-42(51-36)45(30-14-8-3-9-15-30)40-25-19-34(49-40)32-17-23-38(43)47-32/h1-27,46,49-50H/b33-31?,34-32?,36-35?,43-37?,43-38-,44-39-,44-41?,45-40?,45-42-. The fourth-order valence-corrected chi connectivity index (χ4v) is 7.16. The smallest absolute Gasteiger partial charge is 0.0872 e. The first-order valence-corrected chi connectivity index (χ1v) is 17.0. The van der Waals surface area contributed by atoms with E-state index < -0.39 is 0 Å². The van der Waals surface area contributed by atoms with E-state index in [4.69, 9.17) is 15.0 Å². The number of allylic oxidation sites excluding steroid dienone is 6. The molecule has 4 aliphatic heterocycles. The van der Waals surface area contributed by atoms with Gasteiger partial charge in [-0.05, 0) is 89.5 Å². The zero-order chi connectivity index (χ0) is 33.7. The van der Waals surface area contributed by atoms with E-state index >= 15 is 0 Å². The predicted molar refractivity (Wildman–Crippen MR) is 207 cm³/mol. The van der Waals surface area contributed by atoms with Crippen LogP contribution in [-0.2, 0) is 0 Å². The number of hydrogen-bond donors (Lipinski definition) is 3. The Balaban J connectivity index is 1.22. The molecule has 0 amide bonds. The van der Waals surface area contributed by atoms with Crippen LogP contribution < -0.4 is 0 Å². The van der Waals surface area contributed by atoms with Crippen molar-refractivity contribution >= 4 is 33.9 Å². The largest absolute Gasteiger partial charge is 0.353 e. The Bertz CT molecular complexity index is 2350. The van der Waals surface area contributed by atoms with Gasteiger partial charge in [0.2, 0.25) is 0 Å². The molecule has 3 N–H and O–H groups in total. The Morgan fingerprint density at radius 2 is 0.549 bits per heavy atom. The summed E-state index contributed by atoms with van der Waals surface area (Å²) in [6.07, 6.45) is 12.5. The van der Waals surface area contributed by atoms with Crippen molar-refractivity contribution in [1.82, 2.24) is 15.0 Å². The minimum Gasteiger partial charge on any atom is -0.353 e. The zero-order valence-electron chi connectivity index (χ0n) is 27.4. The van der Waals surface area contributed by atoms with Crippen molar-refractivity contribution in [3.8, 4) is 0 Å². The number of H-pyrrole nitrogens is 3. The highest BCUT2D eigenvalue weighted by Gasteiger charge is 2.23. The summed E-state index contributed by atoms with van der Waals surface area (Å²) >= 11 is 0. The number of aromatic nitrogens is 3. The Kier molecular flexibility index (Phi) is 6.70. The van der Waals surface area contributed by atoms with E-state index in [0.717, 1.165) is 102 Å². The lowest BCUT2D eigenvalue weighted by molar-refractivity contribution is 1.28. The molecule has 6 heteroatoms. The first kappa shape index (κ1) is 28.9. The molecule has 10 rings (SSSR count). The second-order valence-electron chi connectivity index (χ2n) is 12.7. The Labute approximate surface area is 294 Å². The van der Waals surface area contributed by atoms with E-state index in [1.807, 2.05) is 18.2 Å². The molecule has 0 unspecified atom stereocenters. The molecule has 0 spiro atoms. The summed E-state index contributed by atoms with van der Waals surface area (Å²) in [5, 5.41) is 0. The molecule has 4 aliphatic rings. The molecule has 12 bridgehead atoms. The molecule has 240 valence electrons. The van der Waals surface area contributed by atoms with Crippen LogP contribution in [0.2, 0.25) is 0 Å². The van der Waals surface area contributed by atoms with Crippen molar-refractivity contribution in [2.24, 2.45) is 15.0 Å². The highest BCUT2D eigenvalue weighted by Crippen LogP contribution is 2.35. The number of benzene rings is 3. The Morgan fingerprint density at radius 1 is 0.275 bits per heavy atom. The first-order valence-electron chi connectivity index (χ1n) is 17.0. The summed E-state index contributed by atoms with van der Waals surface area (Å²) < 4.78 is 0. The van der Waals surface area contributed by atoms with Crippen LogP contribution in [0.4, 0.5) is 0 Å². The second-order valence-corrected chi connectivity index (χ2v) is 12.7. The number of aromatic amines is 3. The number of nitrogens with one attached hydrogen (secondary N) is 3. The monoisotopic (exact) mass is 654 g/mol. The van der Waals surface area contributed by atoms with E-state index in [0.29, 0.717) is 0 Å².